The van der Waals surface area contributed by atoms with Gasteiger partial charge in [0.15, 0.2) is 5.78 Å². The Hall–Kier alpha value is -2.18. The van der Waals surface area contributed by atoms with Gasteiger partial charge in [0, 0.05) is 16.5 Å². The second-order valence-electron chi connectivity index (χ2n) is 4.13. The zero-order chi connectivity index (χ0) is 14.7. The van der Waals surface area contributed by atoms with Crippen LogP contribution in [0.1, 0.15) is 22.0 Å². The highest BCUT2D eigenvalue weighted by molar-refractivity contribution is 7.80. The molecule has 0 aliphatic heterocycles. The monoisotopic (exact) mass is 289 g/mol. The van der Waals surface area contributed by atoms with Gasteiger partial charge in [-0.1, -0.05) is 30.3 Å². The fourth-order valence-electron chi connectivity index (χ4n) is 1.83. The quantitative estimate of drug-likeness (QED) is 0.392. The number of nitrogens with zero attached hydrogens (tertiary/aromatic N) is 1. The first-order chi connectivity index (χ1) is 9.50. The highest BCUT2D eigenvalue weighted by atomic mass is 32.1. The maximum atomic E-state index is 12.1. The molecule has 2 aromatic rings. The van der Waals surface area contributed by atoms with Crippen molar-refractivity contribution in [2.24, 2.45) is 0 Å². The van der Waals surface area contributed by atoms with Crippen LogP contribution in [0.25, 0.3) is 0 Å². The predicted molar refractivity (Wildman–Crippen MR) is 76.1 cm³/mol. The van der Waals surface area contributed by atoms with Crippen LogP contribution in [0.3, 0.4) is 0 Å². The number of nitro groups is 1. The maximum Gasteiger partial charge on any atom is 0.275 e. The molecule has 2 rings (SSSR count). The van der Waals surface area contributed by atoms with Crippen LogP contribution in [0.15, 0.2) is 53.4 Å². The van der Waals surface area contributed by atoms with Gasteiger partial charge in [-0.25, -0.2) is 0 Å². The van der Waals surface area contributed by atoms with E-state index < -0.39 is 16.8 Å². The molecule has 0 radical (unpaired) electrons. The number of nitro benzene ring substituents is 1. The van der Waals surface area contributed by atoms with E-state index in [0.29, 0.717) is 10.5 Å². The number of ketones is 1. The van der Waals surface area contributed by atoms with Gasteiger partial charge >= 0.3 is 0 Å². The summed E-state index contributed by atoms with van der Waals surface area (Å²) in [4.78, 5) is 22.9. The minimum atomic E-state index is -1.59. The number of benzene rings is 2. The van der Waals surface area contributed by atoms with Crippen molar-refractivity contribution in [1.82, 2.24) is 0 Å². The summed E-state index contributed by atoms with van der Waals surface area (Å²) in [6.07, 6.45) is -1.59. The molecule has 2 aromatic carbocycles. The molecule has 0 aliphatic rings. The second kappa shape index (κ2) is 5.85. The molecule has 1 unspecified atom stereocenters. The van der Waals surface area contributed by atoms with Crippen molar-refractivity contribution in [3.05, 3.63) is 69.8 Å². The molecular formula is C14H11NO4S. The summed E-state index contributed by atoms with van der Waals surface area (Å²) in [6, 6.07) is 12.1. The van der Waals surface area contributed by atoms with Gasteiger partial charge in [0.05, 0.1) is 10.5 Å². The minimum absolute atomic E-state index is 0.0589. The molecule has 0 spiro atoms. The minimum Gasteiger partial charge on any atom is -0.380 e. The van der Waals surface area contributed by atoms with Gasteiger partial charge in [-0.05, 0) is 12.1 Å². The lowest BCUT2D eigenvalue weighted by molar-refractivity contribution is -0.386. The van der Waals surface area contributed by atoms with E-state index in [1.165, 1.54) is 18.2 Å². The lowest BCUT2D eigenvalue weighted by atomic mass is 9.99. The standard InChI is InChI=1S/C14H11NO4S/c16-13(9-4-2-1-3-5-9)14(17)11-8-10(20)6-7-12(11)15(18)19/h1-8,14,17,20H. The number of hydrogen-bond acceptors (Lipinski definition) is 5. The Bertz CT molecular complexity index is 657. The normalized spacial score (nSPS) is 11.9. The third kappa shape index (κ3) is 2.87. The fraction of sp³-hybridized carbons (Fsp3) is 0.0714. The Morgan fingerprint density at radius 2 is 1.85 bits per heavy atom. The summed E-state index contributed by atoms with van der Waals surface area (Å²) in [6.45, 7) is 0. The van der Waals surface area contributed by atoms with E-state index in [0.717, 1.165) is 0 Å². The molecule has 0 fully saturated rings. The summed E-state index contributed by atoms with van der Waals surface area (Å²) >= 11 is 4.08. The molecule has 20 heavy (non-hydrogen) atoms. The van der Waals surface area contributed by atoms with E-state index in [-0.39, 0.29) is 11.3 Å². The number of aliphatic hydroxyl groups is 1. The Balaban J connectivity index is 2.43. The van der Waals surface area contributed by atoms with Gasteiger partial charge in [0.2, 0.25) is 0 Å². The summed E-state index contributed by atoms with van der Waals surface area (Å²) in [5.74, 6) is -0.590. The van der Waals surface area contributed by atoms with Crippen LogP contribution in [-0.4, -0.2) is 15.8 Å². The van der Waals surface area contributed by atoms with E-state index in [1.54, 1.807) is 30.3 Å². The first kappa shape index (κ1) is 14.2. The van der Waals surface area contributed by atoms with Gasteiger partial charge < -0.3 is 5.11 Å². The number of hydrogen-bond donors (Lipinski definition) is 2. The van der Waals surface area contributed by atoms with Crippen molar-refractivity contribution < 1.29 is 14.8 Å². The van der Waals surface area contributed by atoms with E-state index >= 15 is 0 Å². The predicted octanol–water partition coefficient (Wildman–Crippen LogP) is 2.80. The van der Waals surface area contributed by atoms with E-state index in [1.807, 2.05) is 0 Å². The number of thiol groups is 1. The van der Waals surface area contributed by atoms with Crippen LogP contribution in [0.4, 0.5) is 5.69 Å². The summed E-state index contributed by atoms with van der Waals surface area (Å²) in [7, 11) is 0. The van der Waals surface area contributed by atoms with Crippen LogP contribution in [0.5, 0.6) is 0 Å². The molecule has 0 heterocycles. The topological polar surface area (TPSA) is 80.4 Å². The van der Waals surface area contributed by atoms with Gasteiger partial charge in [-0.2, -0.15) is 0 Å². The van der Waals surface area contributed by atoms with Gasteiger partial charge in [-0.15, -0.1) is 12.6 Å². The first-order valence-electron chi connectivity index (χ1n) is 5.75. The average Bonchev–Trinajstić information content (AvgIpc) is 2.46. The van der Waals surface area contributed by atoms with E-state index in [9.17, 15) is 20.0 Å². The van der Waals surface area contributed by atoms with Crippen molar-refractivity contribution >= 4 is 24.1 Å². The highest BCUT2D eigenvalue weighted by Gasteiger charge is 2.26. The molecule has 5 nitrogen and oxygen atoms in total. The van der Waals surface area contributed by atoms with Crippen LogP contribution >= 0.6 is 12.6 Å². The number of carbonyl (C=O) groups excluding carboxylic acids is 1. The third-order valence-electron chi connectivity index (χ3n) is 2.81. The Morgan fingerprint density at radius 3 is 2.45 bits per heavy atom. The van der Waals surface area contributed by atoms with Crippen molar-refractivity contribution in [3.63, 3.8) is 0 Å². The van der Waals surface area contributed by atoms with Crippen molar-refractivity contribution in [2.75, 3.05) is 0 Å². The molecule has 0 amide bonds. The molecule has 0 aromatic heterocycles. The zero-order valence-corrected chi connectivity index (χ0v) is 11.2. The lowest BCUT2D eigenvalue weighted by Crippen LogP contribution is -2.14. The molecule has 0 aliphatic carbocycles. The largest absolute Gasteiger partial charge is 0.380 e. The van der Waals surface area contributed by atoms with Crippen LogP contribution in [0.2, 0.25) is 0 Å². The second-order valence-corrected chi connectivity index (χ2v) is 4.65. The maximum absolute atomic E-state index is 12.1. The van der Waals surface area contributed by atoms with Gasteiger partial charge in [0.1, 0.15) is 6.10 Å². The van der Waals surface area contributed by atoms with Crippen LogP contribution in [-0.2, 0) is 0 Å². The number of Topliss-reactive ketones (excluding diaryl/α,β-unsaturated/α-hetero) is 1. The fourth-order valence-corrected chi connectivity index (χ4v) is 2.04. The smallest absolute Gasteiger partial charge is 0.275 e. The lowest BCUT2D eigenvalue weighted by Gasteiger charge is -2.11. The molecule has 1 N–H and O–H groups in total. The summed E-state index contributed by atoms with van der Waals surface area (Å²) < 4.78 is 0. The third-order valence-corrected chi connectivity index (χ3v) is 3.09. The van der Waals surface area contributed by atoms with Gasteiger partial charge in [0.25, 0.3) is 5.69 Å². The van der Waals surface area contributed by atoms with E-state index in [2.05, 4.69) is 12.6 Å². The summed E-state index contributed by atoms with van der Waals surface area (Å²) in [5.41, 5.74) is -0.0743. The van der Waals surface area contributed by atoms with Crippen LogP contribution < -0.4 is 0 Å². The number of carbonyl (C=O) groups is 1. The van der Waals surface area contributed by atoms with E-state index in [4.69, 9.17) is 0 Å². The molecule has 0 saturated carbocycles. The molecular weight excluding hydrogens is 278 g/mol. The van der Waals surface area contributed by atoms with Crippen molar-refractivity contribution in [1.29, 1.82) is 0 Å². The molecule has 0 saturated heterocycles. The molecule has 6 heteroatoms. The SMILES string of the molecule is O=C(c1ccccc1)C(O)c1cc(S)ccc1[N+](=O)[O-]. The Morgan fingerprint density at radius 1 is 1.20 bits per heavy atom. The molecule has 102 valence electrons. The Labute approximate surface area is 120 Å². The number of rotatable bonds is 4. The zero-order valence-electron chi connectivity index (χ0n) is 10.3. The number of aliphatic hydroxyl groups excluding tert-OH is 1. The Kier molecular flexibility index (Phi) is 4.16. The molecule has 1 atom stereocenters. The average molecular weight is 289 g/mol. The van der Waals surface area contributed by atoms with Crippen molar-refractivity contribution in [2.45, 2.75) is 11.0 Å². The van der Waals surface area contributed by atoms with Crippen molar-refractivity contribution in [3.8, 4) is 0 Å². The first-order valence-corrected chi connectivity index (χ1v) is 6.20. The molecule has 0 bridgehead atoms. The summed E-state index contributed by atoms with van der Waals surface area (Å²) in [5, 5.41) is 21.1. The highest BCUT2D eigenvalue weighted by Crippen LogP contribution is 2.29. The van der Waals surface area contributed by atoms with Crippen LogP contribution in [0, 0.1) is 10.1 Å². The van der Waals surface area contributed by atoms with Gasteiger partial charge in [-0.3, -0.25) is 14.9 Å².